The van der Waals surface area contributed by atoms with Gasteiger partial charge in [0.15, 0.2) is 0 Å². The summed E-state index contributed by atoms with van der Waals surface area (Å²) >= 11 is 6.98. The molecule has 0 amide bonds. The zero-order valence-corrected chi connectivity index (χ0v) is 15.8. The van der Waals surface area contributed by atoms with Crippen LogP contribution in [0.1, 0.15) is 39.1 Å². The number of benzene rings is 1. The smallest absolute Gasteiger partial charge is 0.137 e. The second-order valence-corrected chi connectivity index (χ2v) is 7.66. The van der Waals surface area contributed by atoms with E-state index in [9.17, 15) is 0 Å². The third-order valence-corrected chi connectivity index (χ3v) is 3.98. The maximum atomic E-state index is 4.63. The number of hydrogen-bond acceptors (Lipinski definition) is 3. The van der Waals surface area contributed by atoms with Crippen LogP contribution in [0.2, 0.25) is 0 Å². The topological polar surface area (TPSA) is 37.8 Å². The Kier molecular flexibility index (Phi) is 5.04. The maximum Gasteiger partial charge on any atom is 0.137 e. The van der Waals surface area contributed by atoms with E-state index < -0.39 is 0 Å². The molecule has 0 aliphatic heterocycles. The molecule has 5 heteroatoms. The molecule has 0 saturated carbocycles. The molecule has 0 spiro atoms. The highest BCUT2D eigenvalue weighted by atomic mass is 79.9. The van der Waals surface area contributed by atoms with E-state index in [0.29, 0.717) is 0 Å². The molecule has 112 valence electrons. The van der Waals surface area contributed by atoms with Gasteiger partial charge in [0.05, 0.1) is 0 Å². The van der Waals surface area contributed by atoms with Crippen molar-refractivity contribution >= 4 is 43.4 Å². The fourth-order valence-electron chi connectivity index (χ4n) is 1.93. The van der Waals surface area contributed by atoms with Gasteiger partial charge in [0.25, 0.3) is 0 Å². The highest BCUT2D eigenvalue weighted by Crippen LogP contribution is 2.27. The Balaban J connectivity index is 2.38. The zero-order chi connectivity index (χ0) is 15.6. The molecule has 0 bridgehead atoms. The van der Waals surface area contributed by atoms with E-state index in [4.69, 9.17) is 0 Å². The Hall–Kier alpha value is -0.940. The maximum absolute atomic E-state index is 4.63. The Bertz CT molecular complexity index is 648. The standard InChI is InChI=1S/C16H19Br2N3/c1-5-10-8-11(17)6-7-12(10)19-14-9-13(18)20-15(21-14)16(2,3)4/h6-9H,5H2,1-4H3,(H,19,20,21). The molecule has 1 N–H and O–H groups in total. The number of nitrogens with one attached hydrogen (secondary N) is 1. The largest absolute Gasteiger partial charge is 0.340 e. The van der Waals surface area contributed by atoms with Crippen LogP contribution in [0.3, 0.4) is 0 Å². The summed E-state index contributed by atoms with van der Waals surface area (Å²) in [4.78, 5) is 9.10. The predicted molar refractivity (Wildman–Crippen MR) is 95.2 cm³/mol. The van der Waals surface area contributed by atoms with Gasteiger partial charge in [-0.15, -0.1) is 0 Å². The predicted octanol–water partition coefficient (Wildman–Crippen LogP) is 5.61. The Morgan fingerprint density at radius 2 is 1.81 bits per heavy atom. The van der Waals surface area contributed by atoms with Gasteiger partial charge in [0.2, 0.25) is 0 Å². The Morgan fingerprint density at radius 3 is 2.43 bits per heavy atom. The van der Waals surface area contributed by atoms with Crippen LogP contribution < -0.4 is 5.32 Å². The quantitative estimate of drug-likeness (QED) is 0.666. The van der Waals surface area contributed by atoms with Crippen molar-refractivity contribution in [3.63, 3.8) is 0 Å². The van der Waals surface area contributed by atoms with Crippen LogP contribution >= 0.6 is 31.9 Å². The minimum atomic E-state index is -0.0898. The lowest BCUT2D eigenvalue weighted by Gasteiger charge is -2.18. The van der Waals surface area contributed by atoms with Crippen LogP contribution in [0.4, 0.5) is 11.5 Å². The first-order valence-electron chi connectivity index (χ1n) is 6.90. The molecule has 1 aromatic heterocycles. The second-order valence-electron chi connectivity index (χ2n) is 5.93. The van der Waals surface area contributed by atoms with Crippen molar-refractivity contribution in [2.45, 2.75) is 39.5 Å². The van der Waals surface area contributed by atoms with Gasteiger partial charge in [-0.1, -0.05) is 43.6 Å². The first kappa shape index (κ1) is 16.4. The SMILES string of the molecule is CCc1cc(Br)ccc1Nc1cc(Br)nc(C(C)(C)C)n1. The molecule has 2 aromatic rings. The summed E-state index contributed by atoms with van der Waals surface area (Å²) in [6.45, 7) is 8.46. The van der Waals surface area contributed by atoms with Crippen molar-refractivity contribution in [2.24, 2.45) is 0 Å². The molecule has 3 nitrogen and oxygen atoms in total. The van der Waals surface area contributed by atoms with Crippen LogP contribution in [0.5, 0.6) is 0 Å². The van der Waals surface area contributed by atoms with E-state index in [-0.39, 0.29) is 5.41 Å². The first-order valence-corrected chi connectivity index (χ1v) is 8.48. The number of anilines is 2. The van der Waals surface area contributed by atoms with Crippen molar-refractivity contribution < 1.29 is 0 Å². The van der Waals surface area contributed by atoms with Gasteiger partial charge in [-0.25, -0.2) is 9.97 Å². The fraction of sp³-hybridized carbons (Fsp3) is 0.375. The van der Waals surface area contributed by atoms with Gasteiger partial charge in [-0.3, -0.25) is 0 Å². The van der Waals surface area contributed by atoms with Crippen molar-refractivity contribution in [2.75, 3.05) is 5.32 Å². The van der Waals surface area contributed by atoms with Crippen LogP contribution in [-0.4, -0.2) is 9.97 Å². The Labute approximate surface area is 142 Å². The van der Waals surface area contributed by atoms with E-state index >= 15 is 0 Å². The zero-order valence-electron chi connectivity index (χ0n) is 12.7. The van der Waals surface area contributed by atoms with E-state index in [0.717, 1.165) is 32.8 Å². The first-order chi connectivity index (χ1) is 9.79. The minimum Gasteiger partial charge on any atom is -0.340 e. The van der Waals surface area contributed by atoms with Gasteiger partial charge < -0.3 is 5.32 Å². The highest BCUT2D eigenvalue weighted by molar-refractivity contribution is 9.10. The number of rotatable bonds is 3. The molecule has 1 aromatic carbocycles. The summed E-state index contributed by atoms with van der Waals surface area (Å²) in [5.74, 6) is 1.62. The number of aromatic nitrogens is 2. The van der Waals surface area contributed by atoms with E-state index in [1.54, 1.807) is 0 Å². The molecule has 0 saturated heterocycles. The summed E-state index contributed by atoms with van der Waals surface area (Å²) in [7, 11) is 0. The van der Waals surface area contributed by atoms with E-state index in [1.807, 2.05) is 12.1 Å². The summed E-state index contributed by atoms with van der Waals surface area (Å²) < 4.78 is 1.88. The number of hydrogen-bond donors (Lipinski definition) is 1. The third-order valence-electron chi connectivity index (χ3n) is 3.08. The summed E-state index contributed by atoms with van der Waals surface area (Å²) in [6.07, 6.45) is 0.958. The van der Waals surface area contributed by atoms with Crippen LogP contribution in [-0.2, 0) is 11.8 Å². The third kappa shape index (κ3) is 4.27. The molecule has 0 unspecified atom stereocenters. The lowest BCUT2D eigenvalue weighted by molar-refractivity contribution is 0.544. The van der Waals surface area contributed by atoms with Crippen LogP contribution in [0.15, 0.2) is 33.3 Å². The van der Waals surface area contributed by atoms with Gasteiger partial charge in [-0.2, -0.15) is 0 Å². The average Bonchev–Trinajstić information content (AvgIpc) is 2.39. The van der Waals surface area contributed by atoms with E-state index in [2.05, 4.69) is 87.0 Å². The second kappa shape index (κ2) is 6.44. The number of halogens is 2. The average molecular weight is 413 g/mol. The molecule has 1 heterocycles. The molecular weight excluding hydrogens is 394 g/mol. The van der Waals surface area contributed by atoms with Crippen molar-refractivity contribution in [3.05, 3.63) is 44.7 Å². The summed E-state index contributed by atoms with van der Waals surface area (Å²) in [6, 6.07) is 8.12. The lowest BCUT2D eigenvalue weighted by Crippen LogP contribution is -2.17. The fourth-order valence-corrected chi connectivity index (χ4v) is 2.73. The minimum absolute atomic E-state index is 0.0898. The van der Waals surface area contributed by atoms with Crippen molar-refractivity contribution in [1.29, 1.82) is 0 Å². The molecule has 0 atom stereocenters. The Morgan fingerprint density at radius 1 is 1.10 bits per heavy atom. The van der Waals surface area contributed by atoms with Gasteiger partial charge in [-0.05, 0) is 46.1 Å². The van der Waals surface area contributed by atoms with Crippen LogP contribution in [0.25, 0.3) is 0 Å². The van der Waals surface area contributed by atoms with Gasteiger partial charge in [0.1, 0.15) is 16.2 Å². The molecule has 0 aliphatic carbocycles. The summed E-state index contributed by atoms with van der Waals surface area (Å²) in [5.41, 5.74) is 2.23. The highest BCUT2D eigenvalue weighted by Gasteiger charge is 2.19. The monoisotopic (exact) mass is 411 g/mol. The molecule has 0 radical (unpaired) electrons. The normalized spacial score (nSPS) is 11.5. The van der Waals surface area contributed by atoms with Crippen molar-refractivity contribution in [3.8, 4) is 0 Å². The van der Waals surface area contributed by atoms with E-state index in [1.165, 1.54) is 5.56 Å². The molecule has 0 fully saturated rings. The summed E-state index contributed by atoms with van der Waals surface area (Å²) in [5, 5.41) is 3.40. The molecule has 2 rings (SSSR count). The van der Waals surface area contributed by atoms with Gasteiger partial charge >= 0.3 is 0 Å². The number of nitrogens with zero attached hydrogens (tertiary/aromatic N) is 2. The number of aryl methyl sites for hydroxylation is 1. The molecule has 21 heavy (non-hydrogen) atoms. The van der Waals surface area contributed by atoms with Crippen molar-refractivity contribution in [1.82, 2.24) is 9.97 Å². The van der Waals surface area contributed by atoms with Gasteiger partial charge in [0, 0.05) is 21.6 Å². The molecule has 0 aliphatic rings. The van der Waals surface area contributed by atoms with Crippen LogP contribution in [0, 0.1) is 0 Å². The molecular formula is C16H19Br2N3. The lowest BCUT2D eigenvalue weighted by atomic mass is 9.96.